The van der Waals surface area contributed by atoms with E-state index in [1.807, 2.05) is 17.9 Å². The molecule has 152 valence electrons. The van der Waals surface area contributed by atoms with Gasteiger partial charge in [-0.1, -0.05) is 19.3 Å². The quantitative estimate of drug-likeness (QED) is 0.851. The maximum atomic E-state index is 12.6. The highest BCUT2D eigenvalue weighted by Gasteiger charge is 2.23. The van der Waals surface area contributed by atoms with Crippen LogP contribution in [-0.4, -0.2) is 71.2 Å². The van der Waals surface area contributed by atoms with E-state index < -0.39 is 0 Å². The molecule has 1 N–H and O–H groups in total. The van der Waals surface area contributed by atoms with E-state index in [0.717, 1.165) is 54.9 Å². The molecule has 0 spiro atoms. The van der Waals surface area contributed by atoms with E-state index in [1.54, 1.807) is 0 Å². The van der Waals surface area contributed by atoms with E-state index in [0.29, 0.717) is 10.9 Å². The molecular formula is C20H29N5O2S. The van der Waals surface area contributed by atoms with Crippen LogP contribution in [-0.2, 0) is 4.79 Å². The lowest BCUT2D eigenvalue weighted by molar-refractivity contribution is -0.131. The lowest BCUT2D eigenvalue weighted by Crippen LogP contribution is -2.50. The molecule has 1 aliphatic carbocycles. The molecule has 28 heavy (non-hydrogen) atoms. The first-order chi connectivity index (χ1) is 13.5. The second-order valence-electron chi connectivity index (χ2n) is 8.02. The van der Waals surface area contributed by atoms with Crippen LogP contribution in [0.25, 0.3) is 10.2 Å². The highest BCUT2D eigenvalue weighted by molar-refractivity contribution is 7.20. The zero-order valence-electron chi connectivity index (χ0n) is 16.7. The summed E-state index contributed by atoms with van der Waals surface area (Å²) in [6, 6.07) is 2.37. The van der Waals surface area contributed by atoms with E-state index in [-0.39, 0.29) is 18.4 Å². The number of piperazine rings is 1. The number of aromatic nitrogens is 2. The van der Waals surface area contributed by atoms with Gasteiger partial charge in [-0.3, -0.25) is 14.3 Å². The second-order valence-corrected chi connectivity index (χ2v) is 9.05. The molecule has 1 saturated carbocycles. The molecule has 0 bridgehead atoms. The molecule has 2 aliphatic rings. The molecule has 2 amide bonds. The fourth-order valence-corrected chi connectivity index (χ4v) is 5.32. The third-order valence-corrected chi connectivity index (χ3v) is 7.09. The van der Waals surface area contributed by atoms with Gasteiger partial charge in [-0.2, -0.15) is 5.10 Å². The summed E-state index contributed by atoms with van der Waals surface area (Å²) in [5.74, 6) is -0.176. The van der Waals surface area contributed by atoms with Gasteiger partial charge < -0.3 is 15.1 Å². The van der Waals surface area contributed by atoms with Gasteiger partial charge in [0.1, 0.15) is 4.83 Å². The molecule has 8 heteroatoms. The minimum Gasteiger partial charge on any atom is -0.342 e. The van der Waals surface area contributed by atoms with Crippen molar-refractivity contribution < 1.29 is 9.59 Å². The Hall–Kier alpha value is -1.93. The maximum absolute atomic E-state index is 12.6. The number of hydrogen-bond acceptors (Lipinski definition) is 5. The minimum atomic E-state index is -0.168. The summed E-state index contributed by atoms with van der Waals surface area (Å²) >= 11 is 1.49. The van der Waals surface area contributed by atoms with Crippen LogP contribution in [0, 0.1) is 6.92 Å². The van der Waals surface area contributed by atoms with Gasteiger partial charge in [-0.15, -0.1) is 11.3 Å². The number of likely N-dealkylation sites (N-methyl/N-ethyl adjacent to an activating group) is 1. The van der Waals surface area contributed by atoms with Gasteiger partial charge in [0.2, 0.25) is 5.91 Å². The first kappa shape index (κ1) is 19.4. The van der Waals surface area contributed by atoms with Crippen molar-refractivity contribution in [2.45, 2.75) is 45.1 Å². The minimum absolute atomic E-state index is 0.00729. The summed E-state index contributed by atoms with van der Waals surface area (Å²) in [5.41, 5.74) is 0.976. The van der Waals surface area contributed by atoms with Crippen molar-refractivity contribution in [3.8, 4) is 0 Å². The standard InChI is InChI=1S/C20H29N5O2S/c1-14-16-12-17(28-20(16)25(22-14)15-6-4-3-5-7-15)19(27)21-13-18(26)24-10-8-23(2)9-11-24/h12,15H,3-11,13H2,1-2H3,(H,21,27). The summed E-state index contributed by atoms with van der Waals surface area (Å²) in [4.78, 5) is 30.8. The lowest BCUT2D eigenvalue weighted by Gasteiger charge is -2.32. The van der Waals surface area contributed by atoms with Crippen molar-refractivity contribution in [1.29, 1.82) is 0 Å². The molecule has 0 unspecified atom stereocenters. The lowest BCUT2D eigenvalue weighted by atomic mass is 9.96. The number of hydrogen-bond donors (Lipinski definition) is 1. The Morgan fingerprint density at radius 1 is 1.18 bits per heavy atom. The monoisotopic (exact) mass is 403 g/mol. The SMILES string of the molecule is Cc1nn(C2CCCCC2)c2sc(C(=O)NCC(=O)N3CCN(C)CC3)cc12. The smallest absolute Gasteiger partial charge is 0.261 e. The fraction of sp³-hybridized carbons (Fsp3) is 0.650. The Labute approximate surface area is 169 Å². The Kier molecular flexibility index (Phi) is 5.68. The number of amides is 2. The van der Waals surface area contributed by atoms with Crippen molar-refractivity contribution >= 4 is 33.4 Å². The van der Waals surface area contributed by atoms with Gasteiger partial charge in [0.15, 0.2) is 0 Å². The van der Waals surface area contributed by atoms with Gasteiger partial charge >= 0.3 is 0 Å². The molecule has 7 nitrogen and oxygen atoms in total. The van der Waals surface area contributed by atoms with Crippen LogP contribution < -0.4 is 5.32 Å². The third-order valence-electron chi connectivity index (χ3n) is 5.97. The predicted molar refractivity (Wildman–Crippen MR) is 111 cm³/mol. The Balaban J connectivity index is 1.42. The van der Waals surface area contributed by atoms with Crippen LogP contribution in [0.1, 0.15) is 53.5 Å². The number of aryl methyl sites for hydroxylation is 1. The number of nitrogens with one attached hydrogen (secondary N) is 1. The van der Waals surface area contributed by atoms with E-state index in [9.17, 15) is 9.59 Å². The highest BCUT2D eigenvalue weighted by Crippen LogP contribution is 2.35. The van der Waals surface area contributed by atoms with Gasteiger partial charge in [-0.25, -0.2) is 0 Å². The number of fused-ring (bicyclic) bond motifs is 1. The summed E-state index contributed by atoms with van der Waals surface area (Å²) in [6.07, 6.45) is 6.13. The van der Waals surface area contributed by atoms with E-state index in [2.05, 4.69) is 21.9 Å². The first-order valence-electron chi connectivity index (χ1n) is 10.3. The average Bonchev–Trinajstić information content (AvgIpc) is 3.28. The van der Waals surface area contributed by atoms with Crippen LogP contribution in [0.15, 0.2) is 6.07 Å². The second kappa shape index (κ2) is 8.21. The van der Waals surface area contributed by atoms with Crippen LogP contribution in [0.5, 0.6) is 0 Å². The van der Waals surface area contributed by atoms with E-state index >= 15 is 0 Å². The largest absolute Gasteiger partial charge is 0.342 e. The maximum Gasteiger partial charge on any atom is 0.261 e. The molecule has 2 fully saturated rings. The van der Waals surface area contributed by atoms with E-state index in [1.165, 1.54) is 30.6 Å². The zero-order valence-corrected chi connectivity index (χ0v) is 17.6. The van der Waals surface area contributed by atoms with Crippen molar-refractivity contribution in [2.24, 2.45) is 0 Å². The zero-order chi connectivity index (χ0) is 19.7. The normalized spacial score (nSPS) is 19.3. The third kappa shape index (κ3) is 3.93. The van der Waals surface area contributed by atoms with Gasteiger partial charge in [0.05, 0.1) is 23.2 Å². The molecular weight excluding hydrogens is 374 g/mol. The number of nitrogens with zero attached hydrogens (tertiary/aromatic N) is 4. The molecule has 2 aromatic heterocycles. The van der Waals surface area contributed by atoms with E-state index in [4.69, 9.17) is 5.10 Å². The summed E-state index contributed by atoms with van der Waals surface area (Å²) in [6.45, 7) is 5.28. The highest BCUT2D eigenvalue weighted by atomic mass is 32.1. The van der Waals surface area contributed by atoms with Gasteiger partial charge in [-0.05, 0) is 32.9 Å². The molecule has 0 radical (unpaired) electrons. The van der Waals surface area contributed by atoms with Crippen LogP contribution in [0.4, 0.5) is 0 Å². The molecule has 3 heterocycles. The number of rotatable bonds is 4. The predicted octanol–water partition coefficient (Wildman–Crippen LogP) is 2.42. The van der Waals surface area contributed by atoms with Crippen molar-refractivity contribution in [1.82, 2.24) is 24.9 Å². The summed E-state index contributed by atoms with van der Waals surface area (Å²) < 4.78 is 2.14. The van der Waals surface area contributed by atoms with Crippen molar-refractivity contribution in [3.05, 3.63) is 16.6 Å². The van der Waals surface area contributed by atoms with Crippen LogP contribution >= 0.6 is 11.3 Å². The van der Waals surface area contributed by atoms with Crippen LogP contribution in [0.2, 0.25) is 0 Å². The number of carbonyl (C=O) groups excluding carboxylic acids is 2. The number of thiophene rings is 1. The van der Waals surface area contributed by atoms with Crippen molar-refractivity contribution in [3.63, 3.8) is 0 Å². The Morgan fingerprint density at radius 2 is 1.89 bits per heavy atom. The van der Waals surface area contributed by atoms with Crippen LogP contribution in [0.3, 0.4) is 0 Å². The molecule has 0 aromatic carbocycles. The summed E-state index contributed by atoms with van der Waals surface area (Å²) in [7, 11) is 2.06. The summed E-state index contributed by atoms with van der Waals surface area (Å²) in [5, 5.41) is 8.62. The van der Waals surface area contributed by atoms with Gasteiger partial charge in [0, 0.05) is 31.6 Å². The number of carbonyl (C=O) groups is 2. The molecule has 2 aromatic rings. The first-order valence-corrected chi connectivity index (χ1v) is 11.1. The average molecular weight is 404 g/mol. The Bertz CT molecular complexity index is 859. The molecule has 1 aliphatic heterocycles. The van der Waals surface area contributed by atoms with Crippen molar-refractivity contribution in [2.75, 3.05) is 39.8 Å². The molecule has 1 saturated heterocycles. The molecule has 4 rings (SSSR count). The van der Waals surface area contributed by atoms with Gasteiger partial charge in [0.25, 0.3) is 5.91 Å². The Morgan fingerprint density at radius 3 is 2.61 bits per heavy atom. The fourth-order valence-electron chi connectivity index (χ4n) is 4.17. The topological polar surface area (TPSA) is 70.5 Å². The molecule has 0 atom stereocenters.